The second kappa shape index (κ2) is 6.97. The summed E-state index contributed by atoms with van der Waals surface area (Å²) in [5.41, 5.74) is 3.08. The molecule has 4 aliphatic carbocycles. The van der Waals surface area contributed by atoms with Gasteiger partial charge in [-0.25, -0.2) is 9.59 Å². The van der Waals surface area contributed by atoms with Crippen LogP contribution >= 0.6 is 0 Å². The van der Waals surface area contributed by atoms with E-state index in [0.29, 0.717) is 10.8 Å². The van der Waals surface area contributed by atoms with E-state index in [-0.39, 0.29) is 22.1 Å². The van der Waals surface area contributed by atoms with E-state index in [4.69, 9.17) is 0 Å². The number of carboxylic acids is 2. The summed E-state index contributed by atoms with van der Waals surface area (Å²) in [6.45, 7) is 4.96. The molecule has 4 bridgehead atoms. The summed E-state index contributed by atoms with van der Waals surface area (Å²) in [6.07, 6.45) is 7.91. The summed E-state index contributed by atoms with van der Waals surface area (Å²) in [5.74, 6) is 4.19. The van der Waals surface area contributed by atoms with E-state index in [2.05, 4.69) is 37.8 Å². The van der Waals surface area contributed by atoms with Crippen LogP contribution in [0.1, 0.15) is 89.8 Å². The molecule has 32 heavy (non-hydrogen) atoms. The molecule has 164 valence electrons. The average Bonchev–Trinajstić information content (AvgIpc) is 2.69. The molecule has 2 unspecified atom stereocenters. The van der Waals surface area contributed by atoms with Gasteiger partial charge in [0, 0.05) is 11.1 Å². The first kappa shape index (κ1) is 20.8. The highest BCUT2D eigenvalue weighted by atomic mass is 16.4. The lowest BCUT2D eigenvalue weighted by Crippen LogP contribution is -2.56. The van der Waals surface area contributed by atoms with Gasteiger partial charge in [-0.2, -0.15) is 0 Å². The molecule has 6 rings (SSSR count). The summed E-state index contributed by atoms with van der Waals surface area (Å²) in [7, 11) is 0. The van der Waals surface area contributed by atoms with Crippen LogP contribution in [0, 0.1) is 28.6 Å². The summed E-state index contributed by atoms with van der Waals surface area (Å²) in [5, 5.41) is 18.8. The smallest absolute Gasteiger partial charge is 0.337 e. The number of rotatable bonds is 3. The maximum atomic E-state index is 11.6. The monoisotopic (exact) mass is 428 g/mol. The molecule has 2 aromatic carbocycles. The first-order chi connectivity index (χ1) is 15.1. The van der Waals surface area contributed by atoms with Crippen LogP contribution in [0.2, 0.25) is 0 Å². The number of hydrogen-bond donors (Lipinski definition) is 2. The Hall–Kier alpha value is -3.06. The largest absolute Gasteiger partial charge is 0.478 e. The summed E-state index contributed by atoms with van der Waals surface area (Å²) < 4.78 is 0. The van der Waals surface area contributed by atoms with Crippen molar-refractivity contribution in [3.05, 3.63) is 70.3 Å². The third-order valence-corrected chi connectivity index (χ3v) is 7.97. The van der Waals surface area contributed by atoms with E-state index >= 15 is 0 Å². The van der Waals surface area contributed by atoms with Gasteiger partial charge in [0.15, 0.2) is 0 Å². The van der Waals surface area contributed by atoms with Crippen molar-refractivity contribution in [1.29, 1.82) is 0 Å². The third-order valence-electron chi connectivity index (χ3n) is 7.97. The summed E-state index contributed by atoms with van der Waals surface area (Å²) >= 11 is 0. The molecule has 0 saturated heterocycles. The van der Waals surface area contributed by atoms with Crippen molar-refractivity contribution in [2.45, 2.75) is 57.8 Å². The minimum Gasteiger partial charge on any atom is -0.478 e. The second-order valence-corrected chi connectivity index (χ2v) is 11.1. The number of benzene rings is 2. The van der Waals surface area contributed by atoms with Crippen LogP contribution < -0.4 is 0 Å². The van der Waals surface area contributed by atoms with Gasteiger partial charge in [0.2, 0.25) is 0 Å². The molecule has 2 N–H and O–H groups in total. The fourth-order valence-corrected chi connectivity index (χ4v) is 7.88. The molecule has 0 aliphatic heterocycles. The maximum absolute atomic E-state index is 11.6. The van der Waals surface area contributed by atoms with Crippen LogP contribution in [0.5, 0.6) is 0 Å². The molecule has 4 fully saturated rings. The maximum Gasteiger partial charge on any atom is 0.337 e. The SMILES string of the molecule is CC12CC3CC(C)(C1)CC(c1ccc(C#Cc4cccc(C(=O)O)c4C(=O)O)cc1)(C3)C2. The van der Waals surface area contributed by atoms with Crippen LogP contribution in [-0.2, 0) is 5.41 Å². The van der Waals surface area contributed by atoms with Crippen molar-refractivity contribution >= 4 is 11.9 Å². The molecule has 4 nitrogen and oxygen atoms in total. The van der Waals surface area contributed by atoms with Gasteiger partial charge in [0.05, 0.1) is 11.1 Å². The van der Waals surface area contributed by atoms with Gasteiger partial charge in [-0.3, -0.25) is 0 Å². The Bertz CT molecular complexity index is 1160. The van der Waals surface area contributed by atoms with Gasteiger partial charge < -0.3 is 10.2 Å². The van der Waals surface area contributed by atoms with Crippen LogP contribution in [0.4, 0.5) is 0 Å². The standard InChI is InChI=1S/C28H28O4/c1-26-12-19-13-27(2,15-26)17-28(14-19,16-26)21-10-7-18(8-11-21)6-9-20-4-3-5-22(24(29)30)23(20)25(31)32/h3-5,7-8,10-11,19H,12-17H2,1-2H3,(H,29,30)(H,31,32). The first-order valence-electron chi connectivity index (χ1n) is 11.3. The lowest BCUT2D eigenvalue weighted by molar-refractivity contribution is -0.110. The Kier molecular flexibility index (Phi) is 4.53. The molecule has 0 radical (unpaired) electrons. The van der Waals surface area contributed by atoms with E-state index in [0.717, 1.165) is 11.5 Å². The predicted octanol–water partition coefficient (Wildman–Crippen LogP) is 5.73. The molecular formula is C28H28O4. The quantitative estimate of drug-likeness (QED) is 0.612. The Morgan fingerprint density at radius 3 is 2.06 bits per heavy atom. The molecule has 4 aliphatic rings. The second-order valence-electron chi connectivity index (χ2n) is 11.1. The molecule has 2 aromatic rings. The van der Waals surface area contributed by atoms with Crippen LogP contribution in [0.25, 0.3) is 0 Å². The van der Waals surface area contributed by atoms with Gasteiger partial charge in [0.25, 0.3) is 0 Å². The molecule has 4 heteroatoms. The van der Waals surface area contributed by atoms with Crippen LogP contribution in [-0.4, -0.2) is 22.2 Å². The molecule has 2 atom stereocenters. The Morgan fingerprint density at radius 2 is 1.50 bits per heavy atom. The zero-order valence-electron chi connectivity index (χ0n) is 18.6. The summed E-state index contributed by atoms with van der Waals surface area (Å²) in [4.78, 5) is 23.0. The molecule has 4 saturated carbocycles. The fraction of sp³-hybridized carbons (Fsp3) is 0.429. The number of carboxylic acid groups (broad SMARTS) is 2. The van der Waals surface area contributed by atoms with E-state index < -0.39 is 11.9 Å². The lowest BCUT2D eigenvalue weighted by atomic mass is 9.39. The molecule has 0 heterocycles. The van der Waals surface area contributed by atoms with Gasteiger partial charge in [-0.05, 0) is 90.5 Å². The van der Waals surface area contributed by atoms with Crippen molar-refractivity contribution in [3.8, 4) is 11.8 Å². The Morgan fingerprint density at radius 1 is 0.844 bits per heavy atom. The first-order valence-corrected chi connectivity index (χ1v) is 11.3. The van der Waals surface area contributed by atoms with Gasteiger partial charge in [0.1, 0.15) is 0 Å². The fourth-order valence-electron chi connectivity index (χ4n) is 7.88. The van der Waals surface area contributed by atoms with E-state index in [9.17, 15) is 19.8 Å². The lowest BCUT2D eigenvalue weighted by Gasteiger charge is -2.65. The van der Waals surface area contributed by atoms with E-state index in [1.165, 1.54) is 56.2 Å². The zero-order chi connectivity index (χ0) is 22.7. The van der Waals surface area contributed by atoms with Crippen molar-refractivity contribution < 1.29 is 19.8 Å². The van der Waals surface area contributed by atoms with Crippen molar-refractivity contribution in [3.63, 3.8) is 0 Å². The minimum absolute atomic E-state index is 0.211. The molecule has 0 amide bonds. The number of carbonyl (C=O) groups is 2. The highest BCUT2D eigenvalue weighted by Crippen LogP contribution is 2.69. The topological polar surface area (TPSA) is 74.6 Å². The highest BCUT2D eigenvalue weighted by Gasteiger charge is 2.60. The minimum atomic E-state index is -1.29. The summed E-state index contributed by atoms with van der Waals surface area (Å²) in [6, 6.07) is 12.8. The average molecular weight is 429 g/mol. The molecular weight excluding hydrogens is 400 g/mol. The van der Waals surface area contributed by atoms with Crippen molar-refractivity contribution in [1.82, 2.24) is 0 Å². The molecule has 0 aromatic heterocycles. The number of hydrogen-bond acceptors (Lipinski definition) is 2. The number of aromatic carboxylic acids is 2. The van der Waals surface area contributed by atoms with Gasteiger partial charge >= 0.3 is 11.9 Å². The van der Waals surface area contributed by atoms with Crippen LogP contribution in [0.3, 0.4) is 0 Å². The zero-order valence-corrected chi connectivity index (χ0v) is 18.6. The highest BCUT2D eigenvalue weighted by molar-refractivity contribution is 6.03. The normalized spacial score (nSPS) is 32.2. The molecule has 0 spiro atoms. The third kappa shape index (κ3) is 3.41. The predicted molar refractivity (Wildman–Crippen MR) is 122 cm³/mol. The van der Waals surface area contributed by atoms with Gasteiger partial charge in [-0.15, -0.1) is 0 Å². The van der Waals surface area contributed by atoms with Crippen LogP contribution in [0.15, 0.2) is 42.5 Å². The van der Waals surface area contributed by atoms with Crippen molar-refractivity contribution in [2.75, 3.05) is 0 Å². The Balaban J connectivity index is 1.45. The van der Waals surface area contributed by atoms with E-state index in [1.807, 2.05) is 12.1 Å². The van der Waals surface area contributed by atoms with E-state index in [1.54, 1.807) is 6.07 Å². The van der Waals surface area contributed by atoms with Crippen molar-refractivity contribution in [2.24, 2.45) is 16.7 Å². The Labute approximate surface area is 188 Å². The van der Waals surface area contributed by atoms with Gasteiger partial charge in [-0.1, -0.05) is 43.9 Å².